The van der Waals surface area contributed by atoms with Crippen molar-refractivity contribution < 1.29 is 9.42 Å². The average Bonchev–Trinajstić information content (AvgIpc) is 2.89. The van der Waals surface area contributed by atoms with Crippen LogP contribution in [-0.2, 0) is 6.54 Å². The lowest BCUT2D eigenvalue weighted by Crippen LogP contribution is -2.28. The van der Waals surface area contributed by atoms with Crippen LogP contribution in [0.2, 0.25) is 0 Å². The maximum absolute atomic E-state index is 12.3. The molecule has 0 N–H and O–H groups in total. The van der Waals surface area contributed by atoms with Crippen LogP contribution < -0.4 is 5.56 Å². The lowest BCUT2D eigenvalue weighted by Gasteiger charge is -2.03. The van der Waals surface area contributed by atoms with Gasteiger partial charge in [-0.1, -0.05) is 26.3 Å². The quantitative estimate of drug-likeness (QED) is 0.652. The van der Waals surface area contributed by atoms with E-state index in [1.807, 2.05) is 0 Å². The Morgan fingerprint density at radius 2 is 2.19 bits per heavy atom. The van der Waals surface area contributed by atoms with E-state index in [2.05, 4.69) is 41.2 Å². The first-order valence-electron chi connectivity index (χ1n) is 5.91. The molecule has 9 heteroatoms. The van der Waals surface area contributed by atoms with E-state index in [9.17, 15) is 9.59 Å². The van der Waals surface area contributed by atoms with Gasteiger partial charge < -0.3 is 0 Å². The maximum Gasteiger partial charge on any atom is 0.278 e. The molecule has 0 saturated heterocycles. The summed E-state index contributed by atoms with van der Waals surface area (Å²) < 4.78 is 6.21. The van der Waals surface area contributed by atoms with Crippen molar-refractivity contribution >= 4 is 32.6 Å². The summed E-state index contributed by atoms with van der Waals surface area (Å²) in [6, 6.07) is 5.07. The van der Waals surface area contributed by atoms with Crippen LogP contribution in [0.25, 0.3) is 10.9 Å². The van der Waals surface area contributed by atoms with Gasteiger partial charge in [0.05, 0.1) is 5.39 Å². The Hall–Kier alpha value is -2.42. The van der Waals surface area contributed by atoms with Crippen LogP contribution in [0.4, 0.5) is 0 Å². The molecule has 0 unspecified atom stereocenters. The van der Waals surface area contributed by atoms with Crippen molar-refractivity contribution in [1.29, 1.82) is 0 Å². The SMILES string of the molecule is Cc1nonc1C(=O)Cn1nnc2ccc(Br)cc2c1=O. The summed E-state index contributed by atoms with van der Waals surface area (Å²) in [6.45, 7) is 1.32. The summed E-state index contributed by atoms with van der Waals surface area (Å²) in [5, 5.41) is 15.1. The van der Waals surface area contributed by atoms with E-state index in [1.54, 1.807) is 25.1 Å². The van der Waals surface area contributed by atoms with Gasteiger partial charge in [0.15, 0.2) is 5.69 Å². The molecule has 3 aromatic rings. The number of ketones is 1. The number of hydrogen-bond donors (Lipinski definition) is 0. The molecule has 106 valence electrons. The van der Waals surface area contributed by atoms with Gasteiger partial charge >= 0.3 is 0 Å². The minimum absolute atomic E-state index is 0.0815. The molecule has 0 saturated carbocycles. The van der Waals surface area contributed by atoms with E-state index in [0.717, 1.165) is 9.15 Å². The van der Waals surface area contributed by atoms with Crippen molar-refractivity contribution in [2.24, 2.45) is 0 Å². The first-order chi connectivity index (χ1) is 10.1. The van der Waals surface area contributed by atoms with Crippen LogP contribution in [0.1, 0.15) is 16.2 Å². The summed E-state index contributed by atoms with van der Waals surface area (Å²) in [7, 11) is 0. The third kappa shape index (κ3) is 2.47. The number of aryl methyl sites for hydroxylation is 1. The average molecular weight is 350 g/mol. The van der Waals surface area contributed by atoms with E-state index < -0.39 is 11.3 Å². The standard InChI is InChI=1S/C12H8BrN5O3/c1-6-11(16-21-15-6)10(19)5-18-12(20)8-4-7(13)2-3-9(8)14-17-18/h2-4H,5H2,1H3. The minimum Gasteiger partial charge on any atom is -0.290 e. The first-order valence-corrected chi connectivity index (χ1v) is 6.71. The van der Waals surface area contributed by atoms with Gasteiger partial charge in [0.25, 0.3) is 5.56 Å². The summed E-state index contributed by atoms with van der Waals surface area (Å²) in [4.78, 5) is 24.4. The van der Waals surface area contributed by atoms with E-state index in [4.69, 9.17) is 0 Å². The Bertz CT molecular complexity index is 901. The van der Waals surface area contributed by atoms with E-state index >= 15 is 0 Å². The minimum atomic E-state index is -0.417. The molecule has 21 heavy (non-hydrogen) atoms. The molecule has 0 amide bonds. The molecule has 0 atom stereocenters. The van der Waals surface area contributed by atoms with Gasteiger partial charge in [0, 0.05) is 4.47 Å². The highest BCUT2D eigenvalue weighted by molar-refractivity contribution is 9.10. The second kappa shape index (κ2) is 5.17. The molecular weight excluding hydrogens is 342 g/mol. The highest BCUT2D eigenvalue weighted by atomic mass is 79.9. The Morgan fingerprint density at radius 3 is 2.90 bits per heavy atom. The molecule has 0 aliphatic carbocycles. The van der Waals surface area contributed by atoms with Crippen LogP contribution in [0.3, 0.4) is 0 Å². The fourth-order valence-corrected chi connectivity index (χ4v) is 2.21. The molecule has 8 nitrogen and oxygen atoms in total. The van der Waals surface area contributed by atoms with Gasteiger partial charge in [-0.15, -0.1) is 5.10 Å². The van der Waals surface area contributed by atoms with Crippen LogP contribution in [0, 0.1) is 6.92 Å². The zero-order chi connectivity index (χ0) is 15.0. The van der Waals surface area contributed by atoms with Crippen molar-refractivity contribution in [3.05, 3.63) is 44.4 Å². The number of hydrogen-bond acceptors (Lipinski definition) is 7. The van der Waals surface area contributed by atoms with Gasteiger partial charge in [-0.3, -0.25) is 9.59 Å². The van der Waals surface area contributed by atoms with Gasteiger partial charge in [0.2, 0.25) is 5.78 Å². The van der Waals surface area contributed by atoms with Crippen molar-refractivity contribution in [2.75, 3.05) is 0 Å². The number of Topliss-reactive ketones (excluding diaryl/α,β-unsaturated/α-hetero) is 1. The molecule has 0 spiro atoms. The van der Waals surface area contributed by atoms with Crippen LogP contribution in [-0.4, -0.2) is 31.1 Å². The van der Waals surface area contributed by atoms with Crippen molar-refractivity contribution in [1.82, 2.24) is 25.3 Å². The zero-order valence-corrected chi connectivity index (χ0v) is 12.4. The lowest BCUT2D eigenvalue weighted by atomic mass is 10.2. The number of carbonyl (C=O) groups is 1. The Morgan fingerprint density at radius 1 is 1.38 bits per heavy atom. The molecule has 2 aromatic heterocycles. The number of nitrogens with zero attached hydrogens (tertiary/aromatic N) is 5. The second-order valence-corrected chi connectivity index (χ2v) is 5.25. The smallest absolute Gasteiger partial charge is 0.278 e. The number of benzene rings is 1. The fraction of sp³-hybridized carbons (Fsp3) is 0.167. The maximum atomic E-state index is 12.3. The van der Waals surface area contributed by atoms with Gasteiger partial charge in [-0.2, -0.15) is 0 Å². The zero-order valence-electron chi connectivity index (χ0n) is 10.8. The topological polar surface area (TPSA) is 104 Å². The highest BCUT2D eigenvalue weighted by Gasteiger charge is 2.17. The Balaban J connectivity index is 2.02. The van der Waals surface area contributed by atoms with Crippen molar-refractivity contribution in [3.63, 3.8) is 0 Å². The number of aromatic nitrogens is 5. The van der Waals surface area contributed by atoms with E-state index in [-0.39, 0.29) is 12.2 Å². The summed E-state index contributed by atoms with van der Waals surface area (Å²) in [5.41, 5.74) is 0.512. The summed E-state index contributed by atoms with van der Waals surface area (Å²) in [5.74, 6) is -0.417. The molecule has 3 rings (SSSR count). The normalized spacial score (nSPS) is 11.0. The number of rotatable bonds is 3. The molecule has 0 bridgehead atoms. The third-order valence-corrected chi connectivity index (χ3v) is 3.39. The summed E-state index contributed by atoms with van der Waals surface area (Å²) >= 11 is 3.29. The predicted octanol–water partition coefficient (Wildman–Crippen LogP) is 1.13. The fourth-order valence-electron chi connectivity index (χ4n) is 1.85. The third-order valence-electron chi connectivity index (χ3n) is 2.89. The molecule has 2 heterocycles. The largest absolute Gasteiger partial charge is 0.290 e. The molecular formula is C12H8BrN5O3. The predicted molar refractivity (Wildman–Crippen MR) is 74.9 cm³/mol. The van der Waals surface area contributed by atoms with Gasteiger partial charge in [-0.25, -0.2) is 9.31 Å². The van der Waals surface area contributed by atoms with Crippen molar-refractivity contribution in [3.8, 4) is 0 Å². The monoisotopic (exact) mass is 349 g/mol. The molecule has 0 aliphatic rings. The number of fused-ring (bicyclic) bond motifs is 1. The van der Waals surface area contributed by atoms with Crippen LogP contribution >= 0.6 is 15.9 Å². The molecule has 0 aliphatic heterocycles. The molecule has 1 aromatic carbocycles. The molecule has 0 radical (unpaired) electrons. The van der Waals surface area contributed by atoms with Crippen LogP contribution in [0.5, 0.6) is 0 Å². The van der Waals surface area contributed by atoms with Gasteiger partial charge in [-0.05, 0) is 30.3 Å². The van der Waals surface area contributed by atoms with E-state index in [0.29, 0.717) is 16.6 Å². The number of carbonyl (C=O) groups excluding carboxylic acids is 1. The second-order valence-electron chi connectivity index (χ2n) is 4.34. The Kier molecular flexibility index (Phi) is 3.34. The number of halogens is 1. The molecule has 0 fully saturated rings. The van der Waals surface area contributed by atoms with Crippen LogP contribution in [0.15, 0.2) is 32.1 Å². The van der Waals surface area contributed by atoms with Crippen molar-refractivity contribution in [2.45, 2.75) is 13.5 Å². The van der Waals surface area contributed by atoms with E-state index in [1.165, 1.54) is 0 Å². The highest BCUT2D eigenvalue weighted by Crippen LogP contribution is 2.14. The lowest BCUT2D eigenvalue weighted by molar-refractivity contribution is 0.0954. The summed E-state index contributed by atoms with van der Waals surface area (Å²) in [6.07, 6.45) is 0. The Labute approximate surface area is 125 Å². The van der Waals surface area contributed by atoms with Gasteiger partial charge in [0.1, 0.15) is 17.8 Å². The first kappa shape index (κ1) is 13.6.